The van der Waals surface area contributed by atoms with Crippen LogP contribution in [0.2, 0.25) is 5.02 Å². The monoisotopic (exact) mass is 183 g/mol. The Hall–Kier alpha value is -1.22. The summed E-state index contributed by atoms with van der Waals surface area (Å²) in [6.45, 7) is 0.230. The largest absolute Gasteiger partial charge is 0.472 e. The summed E-state index contributed by atoms with van der Waals surface area (Å²) in [5.74, 6) is 0.446. The molecule has 2 rings (SSSR count). The van der Waals surface area contributed by atoms with Crippen LogP contribution in [0, 0.1) is 0 Å². The second-order valence-corrected chi connectivity index (χ2v) is 2.87. The fraction of sp³-hybridized carbons (Fsp3) is 0.125. The first-order valence-electron chi connectivity index (χ1n) is 3.48. The molecule has 0 saturated heterocycles. The van der Waals surface area contributed by atoms with Gasteiger partial charge in [-0.1, -0.05) is 11.6 Å². The van der Waals surface area contributed by atoms with E-state index in [1.165, 1.54) is 0 Å². The molecule has 1 aliphatic rings. The molecule has 0 spiro atoms. The van der Waals surface area contributed by atoms with Gasteiger partial charge in [0.25, 0.3) is 5.91 Å². The minimum absolute atomic E-state index is 0.140. The van der Waals surface area contributed by atoms with Gasteiger partial charge in [0, 0.05) is 5.02 Å². The molecule has 0 atom stereocenters. The third-order valence-corrected chi connectivity index (χ3v) is 1.88. The summed E-state index contributed by atoms with van der Waals surface area (Å²) in [4.78, 5) is 11.2. The van der Waals surface area contributed by atoms with Crippen molar-refractivity contribution in [1.82, 2.24) is 5.32 Å². The van der Waals surface area contributed by atoms with Crippen LogP contribution in [0.1, 0.15) is 10.4 Å². The quantitative estimate of drug-likeness (QED) is 0.661. The number of benzene rings is 1. The van der Waals surface area contributed by atoms with Gasteiger partial charge in [0.05, 0.1) is 5.56 Å². The van der Waals surface area contributed by atoms with Crippen molar-refractivity contribution in [3.63, 3.8) is 0 Å². The molecule has 0 fully saturated rings. The Kier molecular flexibility index (Phi) is 1.66. The summed E-state index contributed by atoms with van der Waals surface area (Å²) < 4.78 is 5.16. The van der Waals surface area contributed by atoms with Crippen LogP contribution in [-0.2, 0) is 0 Å². The molecule has 62 valence electrons. The van der Waals surface area contributed by atoms with Crippen molar-refractivity contribution in [2.45, 2.75) is 0 Å². The van der Waals surface area contributed by atoms with Crippen LogP contribution in [-0.4, -0.2) is 12.6 Å². The van der Waals surface area contributed by atoms with Crippen molar-refractivity contribution < 1.29 is 9.53 Å². The van der Waals surface area contributed by atoms with Crippen LogP contribution >= 0.6 is 11.6 Å². The van der Waals surface area contributed by atoms with E-state index in [-0.39, 0.29) is 12.6 Å². The van der Waals surface area contributed by atoms with E-state index in [0.29, 0.717) is 16.3 Å². The predicted octanol–water partition coefficient (Wildman–Crippen LogP) is 1.42. The molecule has 3 nitrogen and oxygen atoms in total. The number of halogens is 1. The third-order valence-electron chi connectivity index (χ3n) is 1.65. The number of carbonyl (C=O) groups excluding carboxylic acids is 1. The molecular formula is C8H6ClNO2. The molecular weight excluding hydrogens is 178 g/mol. The first-order chi connectivity index (χ1) is 5.77. The number of rotatable bonds is 0. The molecule has 0 saturated carbocycles. The van der Waals surface area contributed by atoms with E-state index in [4.69, 9.17) is 16.3 Å². The van der Waals surface area contributed by atoms with E-state index >= 15 is 0 Å². The maximum Gasteiger partial charge on any atom is 0.257 e. The summed E-state index contributed by atoms with van der Waals surface area (Å²) in [7, 11) is 0. The Balaban J connectivity index is 2.54. The second-order valence-electron chi connectivity index (χ2n) is 2.44. The molecule has 12 heavy (non-hydrogen) atoms. The van der Waals surface area contributed by atoms with E-state index in [9.17, 15) is 4.79 Å². The molecule has 1 N–H and O–H groups in total. The zero-order chi connectivity index (χ0) is 8.55. The molecule has 1 aromatic carbocycles. The number of hydrogen-bond donors (Lipinski definition) is 1. The zero-order valence-corrected chi connectivity index (χ0v) is 6.89. The SMILES string of the molecule is O=C1NCOc2ccc(Cl)cc21. The Labute approximate surface area is 74.3 Å². The van der Waals surface area contributed by atoms with Crippen molar-refractivity contribution in [3.05, 3.63) is 28.8 Å². The van der Waals surface area contributed by atoms with Crippen LogP contribution in [0.25, 0.3) is 0 Å². The van der Waals surface area contributed by atoms with Gasteiger partial charge in [0.2, 0.25) is 0 Å². The van der Waals surface area contributed by atoms with E-state index in [1.807, 2.05) is 0 Å². The minimum Gasteiger partial charge on any atom is -0.472 e. The van der Waals surface area contributed by atoms with E-state index in [2.05, 4.69) is 5.32 Å². The Bertz CT molecular complexity index is 338. The molecule has 0 aliphatic carbocycles. The van der Waals surface area contributed by atoms with Crippen molar-refractivity contribution in [2.24, 2.45) is 0 Å². The molecule has 0 bridgehead atoms. The normalized spacial score (nSPS) is 14.6. The van der Waals surface area contributed by atoms with Crippen LogP contribution < -0.4 is 10.1 Å². The third kappa shape index (κ3) is 1.12. The molecule has 0 aromatic heterocycles. The number of ether oxygens (including phenoxy) is 1. The predicted molar refractivity (Wildman–Crippen MR) is 44.4 cm³/mol. The standard InChI is InChI=1S/C8H6ClNO2/c9-5-1-2-7-6(3-5)8(11)10-4-12-7/h1-3H,4H2,(H,10,11). The first-order valence-corrected chi connectivity index (χ1v) is 3.86. The van der Waals surface area contributed by atoms with Crippen LogP contribution in [0.4, 0.5) is 0 Å². The van der Waals surface area contributed by atoms with Crippen molar-refractivity contribution in [2.75, 3.05) is 6.73 Å². The number of carbonyl (C=O) groups is 1. The highest BCUT2D eigenvalue weighted by atomic mass is 35.5. The molecule has 1 amide bonds. The van der Waals surface area contributed by atoms with Crippen LogP contribution in [0.15, 0.2) is 18.2 Å². The maximum absolute atomic E-state index is 11.2. The lowest BCUT2D eigenvalue weighted by Gasteiger charge is -2.17. The summed E-state index contributed by atoms with van der Waals surface area (Å²) in [6.07, 6.45) is 0. The molecule has 1 aliphatic heterocycles. The zero-order valence-electron chi connectivity index (χ0n) is 6.13. The highest BCUT2D eigenvalue weighted by molar-refractivity contribution is 6.31. The van der Waals surface area contributed by atoms with E-state index < -0.39 is 0 Å². The van der Waals surface area contributed by atoms with Gasteiger partial charge in [-0.15, -0.1) is 0 Å². The average Bonchev–Trinajstić information content (AvgIpc) is 2.07. The highest BCUT2D eigenvalue weighted by Gasteiger charge is 2.17. The van der Waals surface area contributed by atoms with Crippen LogP contribution in [0.5, 0.6) is 5.75 Å². The van der Waals surface area contributed by atoms with Crippen molar-refractivity contribution in [1.29, 1.82) is 0 Å². The van der Waals surface area contributed by atoms with Gasteiger partial charge in [-0.25, -0.2) is 0 Å². The summed E-state index contributed by atoms with van der Waals surface area (Å²) >= 11 is 5.71. The number of nitrogens with one attached hydrogen (secondary N) is 1. The lowest BCUT2D eigenvalue weighted by molar-refractivity contribution is 0.0883. The smallest absolute Gasteiger partial charge is 0.257 e. The number of hydrogen-bond acceptors (Lipinski definition) is 2. The second kappa shape index (κ2) is 2.68. The van der Waals surface area contributed by atoms with Gasteiger partial charge in [-0.05, 0) is 18.2 Å². The molecule has 1 aromatic rings. The van der Waals surface area contributed by atoms with Gasteiger partial charge < -0.3 is 10.1 Å². The van der Waals surface area contributed by atoms with Gasteiger partial charge >= 0.3 is 0 Å². The van der Waals surface area contributed by atoms with Crippen molar-refractivity contribution >= 4 is 17.5 Å². The summed E-state index contributed by atoms with van der Waals surface area (Å²) in [6, 6.07) is 4.97. The molecule has 1 heterocycles. The fourth-order valence-electron chi connectivity index (χ4n) is 1.08. The minimum atomic E-state index is -0.140. The maximum atomic E-state index is 11.2. The lowest BCUT2D eigenvalue weighted by Crippen LogP contribution is -2.32. The average molecular weight is 184 g/mol. The van der Waals surface area contributed by atoms with Gasteiger partial charge in [-0.3, -0.25) is 4.79 Å². The van der Waals surface area contributed by atoms with Gasteiger partial charge in [0.1, 0.15) is 5.75 Å². The molecule has 4 heteroatoms. The first kappa shape index (κ1) is 7.43. The number of fused-ring (bicyclic) bond motifs is 1. The Morgan fingerprint density at radius 3 is 3.17 bits per heavy atom. The highest BCUT2D eigenvalue weighted by Crippen LogP contribution is 2.24. The Morgan fingerprint density at radius 1 is 1.50 bits per heavy atom. The Morgan fingerprint density at radius 2 is 2.33 bits per heavy atom. The van der Waals surface area contributed by atoms with Crippen molar-refractivity contribution in [3.8, 4) is 5.75 Å². The summed E-state index contributed by atoms with van der Waals surface area (Å²) in [5, 5.41) is 3.08. The topological polar surface area (TPSA) is 38.3 Å². The molecule has 0 unspecified atom stereocenters. The number of amides is 1. The summed E-state index contributed by atoms with van der Waals surface area (Å²) in [5.41, 5.74) is 0.494. The molecule has 0 radical (unpaired) electrons. The van der Waals surface area contributed by atoms with Crippen LogP contribution in [0.3, 0.4) is 0 Å². The fourth-order valence-corrected chi connectivity index (χ4v) is 1.25. The van der Waals surface area contributed by atoms with Gasteiger partial charge in [-0.2, -0.15) is 0 Å². The van der Waals surface area contributed by atoms with E-state index in [1.54, 1.807) is 18.2 Å². The lowest BCUT2D eigenvalue weighted by atomic mass is 10.2. The van der Waals surface area contributed by atoms with Gasteiger partial charge in [0.15, 0.2) is 6.73 Å². The van der Waals surface area contributed by atoms with E-state index in [0.717, 1.165) is 0 Å².